The molecule has 1 aromatic heterocycles. The zero-order valence-corrected chi connectivity index (χ0v) is 9.29. The van der Waals surface area contributed by atoms with E-state index in [9.17, 15) is 15.3 Å². The van der Waals surface area contributed by atoms with Crippen molar-refractivity contribution < 1.29 is 19.7 Å². The Labute approximate surface area is 102 Å². The Bertz CT molecular complexity index is 707. The third kappa shape index (κ3) is 1.47. The third-order valence-corrected chi connectivity index (χ3v) is 2.79. The molecule has 4 heteroatoms. The van der Waals surface area contributed by atoms with Crippen LogP contribution in [0.1, 0.15) is 0 Å². The number of fused-ring (bicyclic) bond motifs is 1. The molecule has 1 heterocycles. The zero-order valence-electron chi connectivity index (χ0n) is 9.29. The molecule has 0 spiro atoms. The van der Waals surface area contributed by atoms with Gasteiger partial charge in [-0.3, -0.25) is 0 Å². The Balaban J connectivity index is 2.30. The molecule has 0 fully saturated rings. The molecule has 0 aliphatic carbocycles. The van der Waals surface area contributed by atoms with E-state index in [0.29, 0.717) is 16.7 Å². The summed E-state index contributed by atoms with van der Waals surface area (Å²) in [5.74, 6) is 0.179. The second-order valence-electron chi connectivity index (χ2n) is 3.98. The summed E-state index contributed by atoms with van der Waals surface area (Å²) in [6.45, 7) is 0. The number of hydrogen-bond donors (Lipinski definition) is 3. The van der Waals surface area contributed by atoms with E-state index in [1.807, 2.05) is 0 Å². The van der Waals surface area contributed by atoms with Crippen molar-refractivity contribution in [1.82, 2.24) is 0 Å². The van der Waals surface area contributed by atoms with Gasteiger partial charge in [-0.15, -0.1) is 0 Å². The van der Waals surface area contributed by atoms with Gasteiger partial charge in [-0.25, -0.2) is 0 Å². The van der Waals surface area contributed by atoms with E-state index in [2.05, 4.69) is 0 Å². The molecule has 0 unspecified atom stereocenters. The summed E-state index contributed by atoms with van der Waals surface area (Å²) in [6.07, 6.45) is 0. The lowest BCUT2D eigenvalue weighted by molar-refractivity contribution is 0.447. The van der Waals surface area contributed by atoms with E-state index in [0.717, 1.165) is 0 Å². The van der Waals surface area contributed by atoms with Gasteiger partial charge in [-0.2, -0.15) is 0 Å². The smallest absolute Gasteiger partial charge is 0.176 e. The number of phenols is 3. The van der Waals surface area contributed by atoms with Crippen molar-refractivity contribution in [1.29, 1.82) is 0 Å². The van der Waals surface area contributed by atoms with Crippen molar-refractivity contribution in [3.63, 3.8) is 0 Å². The maximum atomic E-state index is 9.76. The molecule has 3 N–H and O–H groups in total. The molecule has 0 amide bonds. The Morgan fingerprint density at radius 1 is 0.778 bits per heavy atom. The number of benzene rings is 2. The normalized spacial score (nSPS) is 10.9. The summed E-state index contributed by atoms with van der Waals surface area (Å²) < 4.78 is 5.48. The minimum absolute atomic E-state index is 0.0219. The van der Waals surface area contributed by atoms with Crippen molar-refractivity contribution in [2.75, 3.05) is 0 Å². The van der Waals surface area contributed by atoms with E-state index < -0.39 is 0 Å². The number of rotatable bonds is 1. The van der Waals surface area contributed by atoms with Crippen molar-refractivity contribution in [3.8, 4) is 28.6 Å². The van der Waals surface area contributed by atoms with Crippen LogP contribution in [0.25, 0.3) is 22.3 Å². The van der Waals surface area contributed by atoms with Crippen LogP contribution in [0.15, 0.2) is 46.9 Å². The van der Waals surface area contributed by atoms with Crippen LogP contribution in [-0.2, 0) is 0 Å². The predicted octanol–water partition coefficient (Wildman–Crippen LogP) is 3.22. The third-order valence-electron chi connectivity index (χ3n) is 2.79. The summed E-state index contributed by atoms with van der Waals surface area (Å²) in [5, 5.41) is 29.9. The van der Waals surface area contributed by atoms with Crippen LogP contribution < -0.4 is 0 Å². The molecule has 2 aromatic carbocycles. The largest absolute Gasteiger partial charge is 0.507 e. The first-order valence-corrected chi connectivity index (χ1v) is 5.39. The highest BCUT2D eigenvalue weighted by molar-refractivity contribution is 5.89. The van der Waals surface area contributed by atoms with E-state index in [1.54, 1.807) is 18.2 Å². The SMILES string of the molecule is Oc1cccc(O)c1-c1cc2cccc(O)c2o1. The van der Waals surface area contributed by atoms with Gasteiger partial charge in [0.15, 0.2) is 11.3 Å². The van der Waals surface area contributed by atoms with Gasteiger partial charge >= 0.3 is 0 Å². The number of hydrogen-bond acceptors (Lipinski definition) is 4. The van der Waals surface area contributed by atoms with Gasteiger partial charge in [0.2, 0.25) is 0 Å². The first-order chi connectivity index (χ1) is 8.66. The van der Waals surface area contributed by atoms with Crippen molar-refractivity contribution >= 4 is 11.0 Å². The fourth-order valence-corrected chi connectivity index (χ4v) is 1.95. The zero-order chi connectivity index (χ0) is 12.7. The second kappa shape index (κ2) is 3.70. The number of furan rings is 1. The summed E-state index contributed by atoms with van der Waals surface area (Å²) in [4.78, 5) is 0. The Morgan fingerprint density at radius 2 is 1.39 bits per heavy atom. The van der Waals surface area contributed by atoms with Gasteiger partial charge in [0.05, 0.1) is 0 Å². The Hall–Kier alpha value is -2.62. The summed E-state index contributed by atoms with van der Waals surface area (Å²) in [7, 11) is 0. The maximum absolute atomic E-state index is 9.76. The Kier molecular flexibility index (Phi) is 2.16. The molecule has 0 aliphatic heterocycles. The van der Waals surface area contributed by atoms with Crippen LogP contribution in [0.5, 0.6) is 17.2 Å². The lowest BCUT2D eigenvalue weighted by atomic mass is 10.1. The maximum Gasteiger partial charge on any atom is 0.176 e. The average Bonchev–Trinajstić information content (AvgIpc) is 2.74. The number of para-hydroxylation sites is 1. The van der Waals surface area contributed by atoms with Crippen LogP contribution in [0.3, 0.4) is 0 Å². The van der Waals surface area contributed by atoms with Crippen LogP contribution >= 0.6 is 0 Å². The molecular weight excluding hydrogens is 232 g/mol. The van der Waals surface area contributed by atoms with E-state index in [-0.39, 0.29) is 22.8 Å². The number of aromatic hydroxyl groups is 3. The van der Waals surface area contributed by atoms with Gasteiger partial charge < -0.3 is 19.7 Å². The lowest BCUT2D eigenvalue weighted by Crippen LogP contribution is -1.76. The molecule has 3 aromatic rings. The van der Waals surface area contributed by atoms with E-state index in [4.69, 9.17) is 4.42 Å². The van der Waals surface area contributed by atoms with Crippen molar-refractivity contribution in [2.45, 2.75) is 0 Å². The topological polar surface area (TPSA) is 73.8 Å². The predicted molar refractivity (Wildman–Crippen MR) is 66.6 cm³/mol. The molecule has 0 saturated heterocycles. The van der Waals surface area contributed by atoms with E-state index >= 15 is 0 Å². The van der Waals surface area contributed by atoms with E-state index in [1.165, 1.54) is 24.3 Å². The Morgan fingerprint density at radius 3 is 2.06 bits per heavy atom. The highest BCUT2D eigenvalue weighted by Gasteiger charge is 2.15. The minimum Gasteiger partial charge on any atom is -0.507 e. The standard InChI is InChI=1S/C14H10O4/c15-9-4-2-5-10(16)13(9)12-7-8-3-1-6-11(17)14(8)18-12/h1-7,15-17H. The van der Waals surface area contributed by atoms with Gasteiger partial charge in [-0.05, 0) is 24.3 Å². The molecule has 0 atom stereocenters. The molecule has 0 aliphatic rings. The molecule has 4 nitrogen and oxygen atoms in total. The molecule has 0 bridgehead atoms. The van der Waals surface area contributed by atoms with Crippen LogP contribution in [0, 0.1) is 0 Å². The molecule has 3 rings (SSSR count). The molecule has 18 heavy (non-hydrogen) atoms. The van der Waals surface area contributed by atoms with Gasteiger partial charge in [0.1, 0.15) is 22.8 Å². The highest BCUT2D eigenvalue weighted by atomic mass is 16.4. The highest BCUT2D eigenvalue weighted by Crippen LogP contribution is 2.40. The van der Waals surface area contributed by atoms with Gasteiger partial charge in [0.25, 0.3) is 0 Å². The fourth-order valence-electron chi connectivity index (χ4n) is 1.95. The second-order valence-corrected chi connectivity index (χ2v) is 3.98. The average molecular weight is 242 g/mol. The molecule has 90 valence electrons. The fraction of sp³-hybridized carbons (Fsp3) is 0. The molecular formula is C14H10O4. The minimum atomic E-state index is -0.0754. The number of phenolic OH excluding ortho intramolecular Hbond substituents is 3. The van der Waals surface area contributed by atoms with Crippen molar-refractivity contribution in [2.24, 2.45) is 0 Å². The van der Waals surface area contributed by atoms with Crippen molar-refractivity contribution in [3.05, 3.63) is 42.5 Å². The van der Waals surface area contributed by atoms with Crippen LogP contribution in [0.2, 0.25) is 0 Å². The summed E-state index contributed by atoms with van der Waals surface area (Å²) in [5.41, 5.74) is 0.545. The first-order valence-electron chi connectivity index (χ1n) is 5.39. The molecule has 0 saturated carbocycles. The summed E-state index contributed by atoms with van der Waals surface area (Å²) in [6, 6.07) is 11.1. The van der Waals surface area contributed by atoms with Crippen LogP contribution in [0.4, 0.5) is 0 Å². The molecule has 0 radical (unpaired) electrons. The van der Waals surface area contributed by atoms with Gasteiger partial charge in [-0.1, -0.05) is 18.2 Å². The lowest BCUT2D eigenvalue weighted by Gasteiger charge is -2.03. The first kappa shape index (κ1) is 10.5. The monoisotopic (exact) mass is 242 g/mol. The quantitative estimate of drug-likeness (QED) is 0.612. The van der Waals surface area contributed by atoms with Gasteiger partial charge in [0, 0.05) is 5.39 Å². The van der Waals surface area contributed by atoms with Crippen LogP contribution in [-0.4, -0.2) is 15.3 Å². The summed E-state index contributed by atoms with van der Waals surface area (Å²) >= 11 is 0.